The Labute approximate surface area is 345 Å². The summed E-state index contributed by atoms with van der Waals surface area (Å²) >= 11 is 0. The van der Waals surface area contributed by atoms with Gasteiger partial charge < -0.3 is 14.5 Å². The lowest BCUT2D eigenvalue weighted by atomic mass is 9.86. The first-order valence-electron chi connectivity index (χ1n) is 20.3. The Morgan fingerprint density at radius 2 is 0.814 bits per heavy atom. The first-order valence-corrected chi connectivity index (χ1v) is 20.3. The van der Waals surface area contributed by atoms with Gasteiger partial charge in [-0.05, 0) is 135 Å². The number of allylic oxidation sites excluding steroid dienone is 2. The number of anilines is 6. The minimum absolute atomic E-state index is 0.0199. The van der Waals surface area contributed by atoms with Crippen molar-refractivity contribution in [3.63, 3.8) is 0 Å². The molecule has 0 N–H and O–H groups in total. The van der Waals surface area contributed by atoms with Crippen LogP contribution in [0.1, 0.15) is 17.0 Å². The number of hydrogen-bond acceptors (Lipinski definition) is 3. The van der Waals surface area contributed by atoms with Crippen LogP contribution in [0.4, 0.5) is 34.1 Å². The predicted octanol–water partition coefficient (Wildman–Crippen LogP) is 15.1. The summed E-state index contributed by atoms with van der Waals surface area (Å²) in [5.41, 5.74) is 12.7. The van der Waals surface area contributed by atoms with Gasteiger partial charge in [-0.2, -0.15) is 0 Å². The van der Waals surface area contributed by atoms with Crippen LogP contribution in [-0.2, 0) is 0 Å². The van der Waals surface area contributed by atoms with E-state index in [4.69, 9.17) is 4.74 Å². The Morgan fingerprint density at radius 1 is 0.356 bits per heavy atom. The molecule has 3 nitrogen and oxygen atoms in total. The second kappa shape index (κ2) is 14.7. The van der Waals surface area contributed by atoms with Gasteiger partial charge in [0.1, 0.15) is 11.9 Å². The monoisotopic (exact) mass is 756 g/mol. The van der Waals surface area contributed by atoms with E-state index in [2.05, 4.69) is 240 Å². The fraction of sp³-hybridized carbons (Fsp3) is 0.0357. The predicted molar refractivity (Wildman–Crippen MR) is 247 cm³/mol. The summed E-state index contributed by atoms with van der Waals surface area (Å²) in [4.78, 5) is 4.66. The van der Waals surface area contributed by atoms with E-state index < -0.39 is 0 Å². The van der Waals surface area contributed by atoms with Crippen molar-refractivity contribution in [3.05, 3.63) is 242 Å². The standard InChI is InChI=1S/C56H40N2O/c1-3-15-47(16-4-1)57(51-31-23-39-11-7-9-13-43(39)35-51)49-27-19-41(20-28-49)45-25-33-55-53(37-45)54-38-46(26-34-56(54)59-55)42-21-29-50(30-22-42)58(48-17-5-2-6-18-48)52-32-24-40-12-8-10-14-44(40)36-52/h1-38,53,55H. The van der Waals surface area contributed by atoms with Gasteiger partial charge in [0.25, 0.3) is 0 Å². The third-order valence-corrected chi connectivity index (χ3v) is 11.7. The van der Waals surface area contributed by atoms with Crippen molar-refractivity contribution in [2.75, 3.05) is 9.80 Å². The van der Waals surface area contributed by atoms with Gasteiger partial charge >= 0.3 is 0 Å². The maximum Gasteiger partial charge on any atom is 0.128 e. The molecule has 59 heavy (non-hydrogen) atoms. The molecule has 11 rings (SSSR count). The topological polar surface area (TPSA) is 15.7 Å². The summed E-state index contributed by atoms with van der Waals surface area (Å²) < 4.78 is 6.50. The maximum absolute atomic E-state index is 6.50. The van der Waals surface area contributed by atoms with E-state index in [1.807, 2.05) is 0 Å². The lowest BCUT2D eigenvalue weighted by molar-refractivity contribution is 0.269. The Balaban J connectivity index is 0.880. The highest BCUT2D eigenvalue weighted by Crippen LogP contribution is 2.46. The van der Waals surface area contributed by atoms with Crippen molar-refractivity contribution < 1.29 is 4.74 Å². The van der Waals surface area contributed by atoms with Gasteiger partial charge in [-0.1, -0.05) is 140 Å². The highest BCUT2D eigenvalue weighted by molar-refractivity contribution is 5.91. The van der Waals surface area contributed by atoms with Gasteiger partial charge in [0.15, 0.2) is 0 Å². The van der Waals surface area contributed by atoms with Crippen molar-refractivity contribution >= 4 is 61.2 Å². The highest BCUT2D eigenvalue weighted by atomic mass is 16.5. The molecule has 1 aliphatic carbocycles. The van der Waals surface area contributed by atoms with E-state index in [1.165, 1.54) is 49.4 Å². The number of para-hydroxylation sites is 2. The van der Waals surface area contributed by atoms with Crippen molar-refractivity contribution in [1.29, 1.82) is 0 Å². The largest absolute Gasteiger partial charge is 0.485 e. The van der Waals surface area contributed by atoms with Crippen molar-refractivity contribution in [2.24, 2.45) is 0 Å². The Morgan fingerprint density at radius 3 is 1.37 bits per heavy atom. The Bertz CT molecular complexity index is 3020. The molecule has 2 atom stereocenters. The molecule has 0 saturated heterocycles. The lowest BCUT2D eigenvalue weighted by Gasteiger charge is -2.26. The molecular weight excluding hydrogens is 717 g/mol. The number of benzene rings is 9. The van der Waals surface area contributed by atoms with Crippen LogP contribution >= 0.6 is 0 Å². The number of fused-ring (bicyclic) bond motifs is 5. The van der Waals surface area contributed by atoms with Crippen molar-refractivity contribution in [3.8, 4) is 16.9 Å². The molecule has 0 saturated carbocycles. The fourth-order valence-electron chi connectivity index (χ4n) is 8.76. The van der Waals surface area contributed by atoms with Gasteiger partial charge in [0.05, 0.1) is 0 Å². The Kier molecular flexibility index (Phi) is 8.63. The SMILES string of the molecule is C1=CC2Oc3ccc(-c4ccc(N(c5ccccc5)c5ccc6ccccc6c5)cc4)cc3C2C=C1c1ccc(N(c2ccccc2)c2ccc3ccccc3c2)cc1. The van der Waals surface area contributed by atoms with Crippen LogP contribution < -0.4 is 14.5 Å². The molecule has 0 radical (unpaired) electrons. The fourth-order valence-corrected chi connectivity index (χ4v) is 8.76. The molecule has 1 aliphatic heterocycles. The molecule has 0 fully saturated rings. The molecule has 0 bridgehead atoms. The summed E-state index contributed by atoms with van der Waals surface area (Å²) in [6.07, 6.45) is 6.80. The molecule has 0 aromatic heterocycles. The quantitative estimate of drug-likeness (QED) is 0.154. The minimum Gasteiger partial charge on any atom is -0.485 e. The number of rotatable bonds is 8. The van der Waals surface area contributed by atoms with E-state index in [0.717, 1.165) is 39.9 Å². The summed E-state index contributed by atoms with van der Waals surface area (Å²) in [6, 6.07) is 76.2. The Hall–Kier alpha value is -7.62. The molecule has 9 aromatic carbocycles. The number of hydrogen-bond donors (Lipinski definition) is 0. The molecule has 1 heterocycles. The second-order valence-corrected chi connectivity index (χ2v) is 15.3. The normalized spacial score (nSPS) is 15.3. The van der Waals surface area contributed by atoms with Crippen LogP contribution in [0.3, 0.4) is 0 Å². The minimum atomic E-state index is -0.0199. The van der Waals surface area contributed by atoms with E-state index in [9.17, 15) is 0 Å². The molecular formula is C56H40N2O. The average Bonchev–Trinajstić information content (AvgIpc) is 3.68. The molecule has 2 aliphatic rings. The second-order valence-electron chi connectivity index (χ2n) is 15.3. The van der Waals surface area contributed by atoms with E-state index in [0.29, 0.717) is 0 Å². The van der Waals surface area contributed by atoms with Crippen LogP contribution in [0.5, 0.6) is 5.75 Å². The molecule has 3 heteroatoms. The molecule has 0 spiro atoms. The van der Waals surface area contributed by atoms with Gasteiger partial charge in [-0.25, -0.2) is 0 Å². The van der Waals surface area contributed by atoms with Crippen LogP contribution in [0, 0.1) is 0 Å². The zero-order valence-electron chi connectivity index (χ0n) is 32.4. The van der Waals surface area contributed by atoms with E-state index >= 15 is 0 Å². The first kappa shape index (κ1) is 34.6. The van der Waals surface area contributed by atoms with Gasteiger partial charge in [-0.15, -0.1) is 0 Å². The summed E-state index contributed by atoms with van der Waals surface area (Å²) in [5.74, 6) is 1.09. The average molecular weight is 757 g/mol. The van der Waals surface area contributed by atoms with E-state index in [-0.39, 0.29) is 12.0 Å². The molecule has 9 aromatic rings. The van der Waals surface area contributed by atoms with Gasteiger partial charge in [0.2, 0.25) is 0 Å². The van der Waals surface area contributed by atoms with Gasteiger partial charge in [0, 0.05) is 45.6 Å². The van der Waals surface area contributed by atoms with Crippen molar-refractivity contribution in [2.45, 2.75) is 12.0 Å². The zero-order chi connectivity index (χ0) is 39.1. The maximum atomic E-state index is 6.50. The third-order valence-electron chi connectivity index (χ3n) is 11.7. The van der Waals surface area contributed by atoms with Crippen LogP contribution in [0.25, 0.3) is 38.2 Å². The lowest BCUT2D eigenvalue weighted by Crippen LogP contribution is -2.17. The van der Waals surface area contributed by atoms with Gasteiger partial charge in [-0.3, -0.25) is 0 Å². The first-order chi connectivity index (χ1) is 29.2. The number of ether oxygens (including phenoxy) is 1. The van der Waals surface area contributed by atoms with Crippen molar-refractivity contribution in [1.82, 2.24) is 0 Å². The summed E-state index contributed by atoms with van der Waals surface area (Å²) in [6.45, 7) is 0. The van der Waals surface area contributed by atoms with Crippen LogP contribution in [-0.4, -0.2) is 6.10 Å². The van der Waals surface area contributed by atoms with E-state index in [1.54, 1.807) is 0 Å². The smallest absolute Gasteiger partial charge is 0.128 e. The van der Waals surface area contributed by atoms with Crippen LogP contribution in [0.2, 0.25) is 0 Å². The third kappa shape index (κ3) is 6.53. The van der Waals surface area contributed by atoms with Crippen LogP contribution in [0.15, 0.2) is 231 Å². The molecule has 0 amide bonds. The summed E-state index contributed by atoms with van der Waals surface area (Å²) in [5, 5.41) is 4.92. The summed E-state index contributed by atoms with van der Waals surface area (Å²) in [7, 11) is 0. The molecule has 2 unspecified atom stereocenters. The zero-order valence-corrected chi connectivity index (χ0v) is 32.4. The number of nitrogens with zero attached hydrogens (tertiary/aromatic N) is 2. The molecule has 280 valence electrons. The highest BCUT2D eigenvalue weighted by Gasteiger charge is 2.34.